The normalized spacial score (nSPS) is 15.8. The van der Waals surface area contributed by atoms with E-state index in [0.717, 1.165) is 11.3 Å². The second kappa shape index (κ2) is 8.62. The summed E-state index contributed by atoms with van der Waals surface area (Å²) in [5.41, 5.74) is 0.996. The fraction of sp³-hybridized carbons (Fsp3) is 0.316. The van der Waals surface area contributed by atoms with Gasteiger partial charge in [-0.25, -0.2) is 0 Å². The molecule has 0 aliphatic carbocycles. The molecule has 0 fully saturated rings. The van der Waals surface area contributed by atoms with Gasteiger partial charge in [0.05, 0.1) is 23.1 Å². The molecule has 0 spiro atoms. The van der Waals surface area contributed by atoms with Crippen molar-refractivity contribution in [1.82, 2.24) is 10.2 Å². The molecule has 3 rings (SSSR count). The summed E-state index contributed by atoms with van der Waals surface area (Å²) in [6, 6.07) is 13.0. The zero-order valence-electron chi connectivity index (χ0n) is 14.4. The van der Waals surface area contributed by atoms with Gasteiger partial charge < -0.3 is 14.8 Å². The molecule has 1 atom stereocenters. The van der Waals surface area contributed by atoms with Crippen LogP contribution in [0.4, 0.5) is 0 Å². The summed E-state index contributed by atoms with van der Waals surface area (Å²) in [4.78, 5) is 14.1. The first-order valence-electron chi connectivity index (χ1n) is 8.29. The minimum atomic E-state index is -0.200. The van der Waals surface area contributed by atoms with E-state index < -0.39 is 0 Å². The predicted molar refractivity (Wildman–Crippen MR) is 102 cm³/mol. The summed E-state index contributed by atoms with van der Waals surface area (Å²) in [7, 11) is 1.87. The fourth-order valence-corrected chi connectivity index (χ4v) is 3.02. The molecule has 1 aliphatic heterocycles. The van der Waals surface area contributed by atoms with Crippen LogP contribution in [0.15, 0.2) is 42.5 Å². The lowest BCUT2D eigenvalue weighted by molar-refractivity contribution is -0.122. The maximum absolute atomic E-state index is 12.2. The number of fused-ring (bicyclic) bond motifs is 1. The number of hydrogen-bond acceptors (Lipinski definition) is 4. The highest BCUT2D eigenvalue weighted by Gasteiger charge is 2.21. The van der Waals surface area contributed by atoms with Crippen LogP contribution in [-0.2, 0) is 11.3 Å². The topological polar surface area (TPSA) is 50.8 Å². The molecule has 0 aromatic heterocycles. The smallest absolute Gasteiger partial charge is 0.234 e. The number of benzene rings is 2. The van der Waals surface area contributed by atoms with Gasteiger partial charge in [0.15, 0.2) is 11.5 Å². The second-order valence-corrected chi connectivity index (χ2v) is 7.04. The number of rotatable bonds is 6. The Morgan fingerprint density at radius 3 is 2.73 bits per heavy atom. The van der Waals surface area contributed by atoms with Crippen LogP contribution < -0.4 is 14.8 Å². The third-order valence-corrected chi connectivity index (χ3v) is 4.68. The van der Waals surface area contributed by atoms with E-state index in [0.29, 0.717) is 35.5 Å². The number of carbonyl (C=O) groups excluding carboxylic acids is 1. The fourth-order valence-electron chi connectivity index (χ4n) is 2.70. The molecule has 0 bridgehead atoms. The highest BCUT2D eigenvalue weighted by Crippen LogP contribution is 2.30. The molecule has 2 aromatic carbocycles. The minimum absolute atomic E-state index is 0.0741. The van der Waals surface area contributed by atoms with Gasteiger partial charge in [0.2, 0.25) is 5.91 Å². The van der Waals surface area contributed by atoms with E-state index in [4.69, 9.17) is 32.7 Å². The van der Waals surface area contributed by atoms with E-state index in [1.165, 1.54) is 0 Å². The lowest BCUT2D eigenvalue weighted by atomic mass is 10.2. The second-order valence-electron chi connectivity index (χ2n) is 6.22. The number of likely N-dealkylation sites (N-methyl/N-ethyl adjacent to an activating group) is 1. The summed E-state index contributed by atoms with van der Waals surface area (Å²) < 4.78 is 11.5. The van der Waals surface area contributed by atoms with Crippen LogP contribution in [0.25, 0.3) is 0 Å². The molecule has 5 nitrogen and oxygen atoms in total. The van der Waals surface area contributed by atoms with Crippen LogP contribution in [0.2, 0.25) is 10.0 Å². The zero-order valence-corrected chi connectivity index (χ0v) is 15.9. The first-order valence-corrected chi connectivity index (χ1v) is 9.04. The highest BCUT2D eigenvalue weighted by molar-refractivity contribution is 6.42. The molecule has 0 saturated carbocycles. The van der Waals surface area contributed by atoms with Crippen molar-refractivity contribution in [2.24, 2.45) is 0 Å². The van der Waals surface area contributed by atoms with Crippen molar-refractivity contribution in [3.63, 3.8) is 0 Å². The summed E-state index contributed by atoms with van der Waals surface area (Å²) in [5.74, 6) is 1.36. The van der Waals surface area contributed by atoms with Gasteiger partial charge in [0.25, 0.3) is 0 Å². The number of halogens is 2. The van der Waals surface area contributed by atoms with Gasteiger partial charge >= 0.3 is 0 Å². The van der Waals surface area contributed by atoms with E-state index in [1.807, 2.05) is 48.3 Å². The molecule has 7 heteroatoms. The van der Waals surface area contributed by atoms with E-state index in [-0.39, 0.29) is 18.6 Å². The van der Waals surface area contributed by atoms with Crippen LogP contribution in [0, 0.1) is 0 Å². The van der Waals surface area contributed by atoms with E-state index in [9.17, 15) is 4.79 Å². The number of nitrogens with zero attached hydrogens (tertiary/aromatic N) is 1. The van der Waals surface area contributed by atoms with Gasteiger partial charge in [-0.2, -0.15) is 0 Å². The molecule has 1 amide bonds. The molecular weight excluding hydrogens is 375 g/mol. The Kier molecular flexibility index (Phi) is 6.25. The van der Waals surface area contributed by atoms with Crippen molar-refractivity contribution in [3.05, 3.63) is 58.1 Å². The first kappa shape index (κ1) is 18.8. The van der Waals surface area contributed by atoms with Crippen LogP contribution in [0.5, 0.6) is 11.5 Å². The zero-order chi connectivity index (χ0) is 18.5. The summed E-state index contributed by atoms with van der Waals surface area (Å²) in [6.45, 7) is 1.68. The summed E-state index contributed by atoms with van der Waals surface area (Å²) in [5, 5.41) is 3.92. The standard InChI is InChI=1S/C19H20Cl2N2O3/c1-23(10-13-6-7-15(20)16(21)8-13)11-19(24)22-9-14-12-25-17-4-2-3-5-18(17)26-14/h2-8,14H,9-12H2,1H3,(H,22,24). The maximum Gasteiger partial charge on any atom is 0.234 e. The molecule has 26 heavy (non-hydrogen) atoms. The SMILES string of the molecule is CN(CC(=O)NCC1COc2ccccc2O1)Cc1ccc(Cl)c(Cl)c1. The molecular formula is C19H20Cl2N2O3. The van der Waals surface area contributed by atoms with Crippen molar-refractivity contribution in [2.75, 3.05) is 26.7 Å². The average Bonchev–Trinajstić information content (AvgIpc) is 2.63. The molecule has 1 N–H and O–H groups in total. The summed E-state index contributed by atoms with van der Waals surface area (Å²) in [6.07, 6.45) is -0.200. The van der Waals surface area contributed by atoms with Crippen LogP contribution in [-0.4, -0.2) is 43.7 Å². The van der Waals surface area contributed by atoms with Gasteiger partial charge in [0.1, 0.15) is 12.7 Å². The lowest BCUT2D eigenvalue weighted by Crippen LogP contribution is -2.43. The quantitative estimate of drug-likeness (QED) is 0.815. The molecule has 138 valence electrons. The van der Waals surface area contributed by atoms with Gasteiger partial charge in [-0.3, -0.25) is 9.69 Å². The summed E-state index contributed by atoms with van der Waals surface area (Å²) >= 11 is 11.9. The lowest BCUT2D eigenvalue weighted by Gasteiger charge is -2.26. The van der Waals surface area contributed by atoms with Gasteiger partial charge in [-0.1, -0.05) is 41.4 Å². The number of ether oxygens (including phenoxy) is 2. The Morgan fingerprint density at radius 2 is 1.96 bits per heavy atom. The molecule has 0 saturated heterocycles. The largest absolute Gasteiger partial charge is 0.486 e. The van der Waals surface area contributed by atoms with Crippen molar-refractivity contribution >= 4 is 29.1 Å². The number of carbonyl (C=O) groups is 1. The van der Waals surface area contributed by atoms with Crippen molar-refractivity contribution in [3.8, 4) is 11.5 Å². The van der Waals surface area contributed by atoms with Crippen molar-refractivity contribution in [2.45, 2.75) is 12.6 Å². The third kappa shape index (κ3) is 5.04. The molecule has 2 aromatic rings. The maximum atomic E-state index is 12.2. The number of hydrogen-bond donors (Lipinski definition) is 1. The number of para-hydroxylation sites is 2. The predicted octanol–water partition coefficient (Wildman–Crippen LogP) is 3.38. The molecule has 1 aliphatic rings. The van der Waals surface area contributed by atoms with Crippen LogP contribution in [0.3, 0.4) is 0 Å². The molecule has 1 unspecified atom stereocenters. The Morgan fingerprint density at radius 1 is 1.19 bits per heavy atom. The highest BCUT2D eigenvalue weighted by atomic mass is 35.5. The first-order chi connectivity index (χ1) is 12.5. The van der Waals surface area contributed by atoms with Crippen molar-refractivity contribution in [1.29, 1.82) is 0 Å². The molecule has 0 radical (unpaired) electrons. The van der Waals surface area contributed by atoms with Crippen LogP contribution in [0.1, 0.15) is 5.56 Å². The Balaban J connectivity index is 1.43. The van der Waals surface area contributed by atoms with Gasteiger partial charge in [0, 0.05) is 6.54 Å². The van der Waals surface area contributed by atoms with E-state index in [2.05, 4.69) is 5.32 Å². The van der Waals surface area contributed by atoms with E-state index >= 15 is 0 Å². The number of amides is 1. The average molecular weight is 395 g/mol. The van der Waals surface area contributed by atoms with Gasteiger partial charge in [-0.05, 0) is 36.9 Å². The Labute approximate surface area is 162 Å². The minimum Gasteiger partial charge on any atom is -0.486 e. The van der Waals surface area contributed by atoms with Crippen LogP contribution >= 0.6 is 23.2 Å². The monoisotopic (exact) mass is 394 g/mol. The van der Waals surface area contributed by atoms with Gasteiger partial charge in [-0.15, -0.1) is 0 Å². The van der Waals surface area contributed by atoms with Crippen molar-refractivity contribution < 1.29 is 14.3 Å². The molecule has 1 heterocycles. The Bertz CT molecular complexity index is 785. The third-order valence-electron chi connectivity index (χ3n) is 3.94. The number of nitrogens with one attached hydrogen (secondary N) is 1. The van der Waals surface area contributed by atoms with E-state index in [1.54, 1.807) is 6.07 Å². The Hall–Kier alpha value is -1.95.